The second-order valence-corrected chi connectivity index (χ2v) is 15.8. The van der Waals surface area contributed by atoms with Crippen LogP contribution in [0.4, 0.5) is 0 Å². The van der Waals surface area contributed by atoms with Crippen LogP contribution in [0.25, 0.3) is 0 Å². The zero-order valence-electron chi connectivity index (χ0n) is 27.0. The summed E-state index contributed by atoms with van der Waals surface area (Å²) in [5.74, 6) is -1.79. The number of fused-ring (bicyclic) bond motifs is 6. The van der Waals surface area contributed by atoms with Crippen molar-refractivity contribution in [2.75, 3.05) is 6.61 Å². The molecule has 0 unspecified atom stereocenters. The molecule has 0 amide bonds. The third-order valence-electron chi connectivity index (χ3n) is 13.1. The van der Waals surface area contributed by atoms with Gasteiger partial charge in [0.25, 0.3) is 0 Å². The van der Waals surface area contributed by atoms with Crippen LogP contribution in [0.5, 0.6) is 0 Å². The lowest BCUT2D eigenvalue weighted by atomic mass is 9.38. The Morgan fingerprint density at radius 3 is 2.36 bits per heavy atom. The monoisotopic (exact) mass is 588 g/mol. The minimum atomic E-state index is -1.33. The fraction of sp³-hybridized carbons (Fsp3) is 0.853. The molecule has 4 fully saturated rings. The number of hydrogen-bond acceptors (Lipinski definition) is 8. The van der Waals surface area contributed by atoms with Gasteiger partial charge in [0.15, 0.2) is 5.79 Å². The summed E-state index contributed by atoms with van der Waals surface area (Å²) in [7, 11) is 0. The molecule has 5 rings (SSSR count). The molecule has 0 aromatic rings. The number of carbonyl (C=O) groups excluding carboxylic acids is 3. The van der Waals surface area contributed by atoms with Gasteiger partial charge in [-0.1, -0.05) is 32.4 Å². The first-order chi connectivity index (χ1) is 19.2. The Hall–Kier alpha value is -1.77. The van der Waals surface area contributed by atoms with E-state index < -0.39 is 46.4 Å². The van der Waals surface area contributed by atoms with E-state index in [4.69, 9.17) is 14.2 Å². The summed E-state index contributed by atoms with van der Waals surface area (Å²) in [4.78, 5) is 37.2. The van der Waals surface area contributed by atoms with E-state index in [0.29, 0.717) is 19.4 Å². The number of aliphatic hydroxyl groups is 2. The standard InChI is InChI=1S/C34H52O8/c1-19(25(41-20(2)35)16-28(30(6,7)38)42-21(3)36)22-14-15-31(8)26-12-10-23-24(11-13-27(37)29(23,4)5)32(26,9)34(39)17-33(22,31)18-40-34/h10,19,22,24-26,28,38-39H,11-18H2,1-9H3/t19-,22+,24+,25+,26-,28+,31-,32-,33-,34-/m0/s1. The van der Waals surface area contributed by atoms with Crippen molar-refractivity contribution < 1.29 is 38.8 Å². The van der Waals surface area contributed by atoms with Crippen LogP contribution < -0.4 is 0 Å². The molecule has 8 heteroatoms. The first-order valence-electron chi connectivity index (χ1n) is 15.9. The molecule has 5 aliphatic rings. The number of allylic oxidation sites excluding steroid dienone is 2. The Balaban J connectivity index is 1.52. The van der Waals surface area contributed by atoms with Crippen LogP contribution in [-0.4, -0.2) is 58.1 Å². The number of rotatable bonds is 7. The first kappa shape index (κ1) is 31.6. The van der Waals surface area contributed by atoms with Gasteiger partial charge in [-0.05, 0) is 82.5 Å². The van der Waals surface area contributed by atoms with Crippen molar-refractivity contribution in [3.63, 3.8) is 0 Å². The van der Waals surface area contributed by atoms with Gasteiger partial charge in [-0.2, -0.15) is 0 Å². The molecule has 1 heterocycles. The summed E-state index contributed by atoms with van der Waals surface area (Å²) < 4.78 is 18.0. The van der Waals surface area contributed by atoms with Crippen molar-refractivity contribution in [1.82, 2.24) is 0 Å². The fourth-order valence-electron chi connectivity index (χ4n) is 10.7. The summed E-state index contributed by atoms with van der Waals surface area (Å²) in [5.41, 5.74) is -1.69. The maximum atomic E-state index is 13.0. The van der Waals surface area contributed by atoms with Gasteiger partial charge in [0.1, 0.15) is 18.0 Å². The van der Waals surface area contributed by atoms with E-state index >= 15 is 0 Å². The van der Waals surface area contributed by atoms with E-state index in [-0.39, 0.29) is 46.7 Å². The number of ether oxygens (including phenoxy) is 3. The second kappa shape index (κ2) is 9.87. The molecule has 2 bridgehead atoms. The molecular weight excluding hydrogens is 536 g/mol. The van der Waals surface area contributed by atoms with Crippen molar-refractivity contribution in [2.45, 2.75) is 131 Å². The Labute approximate surface area is 250 Å². The van der Waals surface area contributed by atoms with Gasteiger partial charge in [-0.3, -0.25) is 14.4 Å². The molecule has 0 aromatic heterocycles. The van der Waals surface area contributed by atoms with E-state index in [2.05, 4.69) is 26.8 Å². The molecule has 42 heavy (non-hydrogen) atoms. The van der Waals surface area contributed by atoms with E-state index in [1.165, 1.54) is 19.4 Å². The molecule has 10 atom stereocenters. The van der Waals surface area contributed by atoms with Crippen LogP contribution in [0.3, 0.4) is 0 Å². The molecule has 0 aromatic carbocycles. The molecule has 1 spiro atoms. The number of hydrogen-bond donors (Lipinski definition) is 2. The van der Waals surface area contributed by atoms with E-state index in [9.17, 15) is 24.6 Å². The summed E-state index contributed by atoms with van der Waals surface area (Å²) in [6.07, 6.45) is 5.46. The summed E-state index contributed by atoms with van der Waals surface area (Å²) in [6.45, 7) is 17.1. The van der Waals surface area contributed by atoms with Crippen LogP contribution in [0.15, 0.2) is 11.6 Å². The normalized spacial score (nSPS) is 42.4. The average Bonchev–Trinajstić information content (AvgIpc) is 3.36. The molecule has 0 radical (unpaired) electrons. The minimum Gasteiger partial charge on any atom is -0.462 e. The van der Waals surface area contributed by atoms with Gasteiger partial charge in [-0.25, -0.2) is 0 Å². The summed E-state index contributed by atoms with van der Waals surface area (Å²) in [5, 5.41) is 23.4. The predicted molar refractivity (Wildman–Crippen MR) is 156 cm³/mol. The van der Waals surface area contributed by atoms with Gasteiger partial charge in [0, 0.05) is 49.4 Å². The minimum absolute atomic E-state index is 0.0726. The molecule has 2 N–H and O–H groups in total. The third kappa shape index (κ3) is 4.28. The van der Waals surface area contributed by atoms with E-state index in [1.54, 1.807) is 13.8 Å². The Kier molecular flexibility index (Phi) is 7.43. The second-order valence-electron chi connectivity index (χ2n) is 15.8. The molecule has 1 aliphatic heterocycles. The molecule has 8 nitrogen and oxygen atoms in total. The Bertz CT molecular complexity index is 1180. The SMILES string of the molecule is CC(=O)O[C@H](C[C@@H](OC(C)=O)C(C)(C)O)[C@@H](C)[C@H]1CC[C@@]2(C)[C@@H]3CC=C4[C@@H](CCC(=O)C4(C)C)[C@]3(C)[C@]3(O)C[C@]12CO3. The van der Waals surface area contributed by atoms with Gasteiger partial charge in [0.05, 0.1) is 12.2 Å². The molecule has 236 valence electrons. The van der Waals surface area contributed by atoms with E-state index in [1.807, 2.05) is 13.8 Å². The van der Waals surface area contributed by atoms with Gasteiger partial charge in [0.2, 0.25) is 0 Å². The van der Waals surface area contributed by atoms with Crippen LogP contribution >= 0.6 is 0 Å². The van der Waals surface area contributed by atoms with Crippen molar-refractivity contribution in [3.8, 4) is 0 Å². The van der Waals surface area contributed by atoms with Gasteiger partial charge >= 0.3 is 11.9 Å². The number of carbonyl (C=O) groups is 3. The quantitative estimate of drug-likeness (QED) is 0.310. The fourth-order valence-corrected chi connectivity index (χ4v) is 10.7. The Morgan fingerprint density at radius 2 is 1.76 bits per heavy atom. The average molecular weight is 589 g/mol. The Morgan fingerprint density at radius 1 is 1.12 bits per heavy atom. The summed E-state index contributed by atoms with van der Waals surface area (Å²) in [6, 6.07) is 0. The third-order valence-corrected chi connectivity index (χ3v) is 13.1. The van der Waals surface area contributed by atoms with Crippen molar-refractivity contribution in [1.29, 1.82) is 0 Å². The number of ketones is 1. The zero-order chi connectivity index (χ0) is 31.3. The van der Waals surface area contributed by atoms with E-state index in [0.717, 1.165) is 25.7 Å². The predicted octanol–water partition coefficient (Wildman–Crippen LogP) is 5.13. The lowest BCUT2D eigenvalue weighted by Gasteiger charge is -2.66. The molecule has 1 saturated heterocycles. The van der Waals surface area contributed by atoms with Gasteiger partial charge in [-0.15, -0.1) is 0 Å². The largest absolute Gasteiger partial charge is 0.462 e. The highest BCUT2D eigenvalue weighted by atomic mass is 16.6. The van der Waals surface area contributed by atoms with Crippen LogP contribution in [0.2, 0.25) is 0 Å². The topological polar surface area (TPSA) is 119 Å². The molecule has 3 saturated carbocycles. The van der Waals surface area contributed by atoms with Crippen LogP contribution in [0.1, 0.15) is 107 Å². The zero-order valence-corrected chi connectivity index (χ0v) is 27.0. The highest BCUT2D eigenvalue weighted by Gasteiger charge is 2.79. The van der Waals surface area contributed by atoms with Crippen LogP contribution in [-0.2, 0) is 28.6 Å². The van der Waals surface area contributed by atoms with Crippen molar-refractivity contribution in [2.24, 2.45) is 45.3 Å². The molecular formula is C34H52O8. The lowest BCUT2D eigenvalue weighted by molar-refractivity contribution is -0.299. The maximum Gasteiger partial charge on any atom is 0.303 e. The number of Topliss-reactive ketones (excluding diaryl/α,β-unsaturated/α-hetero) is 1. The van der Waals surface area contributed by atoms with Gasteiger partial charge < -0.3 is 24.4 Å². The highest BCUT2D eigenvalue weighted by Crippen LogP contribution is 2.79. The lowest BCUT2D eigenvalue weighted by Crippen LogP contribution is -2.67. The van der Waals surface area contributed by atoms with Crippen molar-refractivity contribution in [3.05, 3.63) is 11.6 Å². The summed E-state index contributed by atoms with van der Waals surface area (Å²) >= 11 is 0. The number of esters is 2. The van der Waals surface area contributed by atoms with Crippen LogP contribution in [0, 0.1) is 45.3 Å². The highest BCUT2D eigenvalue weighted by molar-refractivity contribution is 5.88. The smallest absolute Gasteiger partial charge is 0.303 e. The maximum absolute atomic E-state index is 13.0. The van der Waals surface area contributed by atoms with Crippen molar-refractivity contribution >= 4 is 17.7 Å². The molecule has 4 aliphatic carbocycles. The first-order valence-corrected chi connectivity index (χ1v) is 15.9.